The fourth-order valence-corrected chi connectivity index (χ4v) is 2.55. The van der Waals surface area contributed by atoms with Gasteiger partial charge >= 0.3 is 0 Å². The first-order chi connectivity index (χ1) is 9.86. The minimum atomic E-state index is 0.686. The molecule has 0 radical (unpaired) electrons. The van der Waals surface area contributed by atoms with Crippen LogP contribution in [0.25, 0.3) is 10.9 Å². The molecule has 5 nitrogen and oxygen atoms in total. The van der Waals surface area contributed by atoms with Crippen molar-refractivity contribution in [3.63, 3.8) is 0 Å². The van der Waals surface area contributed by atoms with Crippen LogP contribution in [0.1, 0.15) is 26.2 Å². The highest BCUT2D eigenvalue weighted by Gasteiger charge is 2.13. The number of para-hydroxylation sites is 1. The van der Waals surface area contributed by atoms with E-state index < -0.39 is 0 Å². The Labute approximate surface area is 119 Å². The number of piperidine rings is 1. The second-order valence-corrected chi connectivity index (χ2v) is 5.10. The number of nitrogens with zero attached hydrogens (tertiary/aromatic N) is 3. The lowest BCUT2D eigenvalue weighted by molar-refractivity contribution is 0.272. The minimum absolute atomic E-state index is 0.686. The molecule has 20 heavy (non-hydrogen) atoms. The quantitative estimate of drug-likeness (QED) is 0.895. The van der Waals surface area contributed by atoms with Crippen molar-refractivity contribution in [1.29, 1.82) is 0 Å². The molecule has 1 saturated heterocycles. The van der Waals surface area contributed by atoms with Crippen molar-refractivity contribution in [2.45, 2.75) is 26.2 Å². The molecule has 1 aliphatic heterocycles. The largest absolute Gasteiger partial charge is 0.354 e. The smallest absolute Gasteiger partial charge is 0.225 e. The van der Waals surface area contributed by atoms with Gasteiger partial charge in [0.2, 0.25) is 5.95 Å². The summed E-state index contributed by atoms with van der Waals surface area (Å²) in [6.45, 7) is 5.03. The summed E-state index contributed by atoms with van der Waals surface area (Å²) in [5, 5.41) is 6.52. The van der Waals surface area contributed by atoms with Crippen LogP contribution in [0, 0.1) is 0 Å². The summed E-state index contributed by atoms with van der Waals surface area (Å²) >= 11 is 0. The molecule has 0 bridgehead atoms. The van der Waals surface area contributed by atoms with Crippen molar-refractivity contribution in [1.82, 2.24) is 15.0 Å². The van der Waals surface area contributed by atoms with Gasteiger partial charge in [-0.1, -0.05) is 18.6 Å². The van der Waals surface area contributed by atoms with E-state index in [0.717, 1.165) is 36.4 Å². The normalized spacial score (nSPS) is 16.2. The zero-order valence-electron chi connectivity index (χ0n) is 11.9. The van der Waals surface area contributed by atoms with Gasteiger partial charge in [0.25, 0.3) is 0 Å². The van der Waals surface area contributed by atoms with E-state index in [1.165, 1.54) is 19.3 Å². The summed E-state index contributed by atoms with van der Waals surface area (Å²) in [6, 6.07) is 8.13. The molecule has 2 aromatic rings. The number of hydrazine groups is 1. The third kappa shape index (κ3) is 2.82. The van der Waals surface area contributed by atoms with E-state index >= 15 is 0 Å². The van der Waals surface area contributed by atoms with Crippen LogP contribution in [-0.2, 0) is 0 Å². The lowest BCUT2D eigenvalue weighted by Crippen LogP contribution is -2.35. The Hall–Kier alpha value is -1.88. The van der Waals surface area contributed by atoms with Crippen molar-refractivity contribution in [3.05, 3.63) is 24.3 Å². The van der Waals surface area contributed by atoms with Crippen molar-refractivity contribution < 1.29 is 0 Å². The molecule has 106 valence electrons. The van der Waals surface area contributed by atoms with Crippen molar-refractivity contribution in [2.75, 3.05) is 30.4 Å². The molecular formula is C15H21N5. The van der Waals surface area contributed by atoms with Gasteiger partial charge in [0.05, 0.1) is 5.52 Å². The minimum Gasteiger partial charge on any atom is -0.354 e. The van der Waals surface area contributed by atoms with E-state index in [9.17, 15) is 0 Å². The number of hydrogen-bond acceptors (Lipinski definition) is 5. The van der Waals surface area contributed by atoms with Crippen molar-refractivity contribution in [3.8, 4) is 0 Å². The molecule has 1 aromatic heterocycles. The van der Waals surface area contributed by atoms with Gasteiger partial charge in [-0.25, -0.2) is 9.99 Å². The average molecular weight is 271 g/mol. The Kier molecular flexibility index (Phi) is 3.97. The number of aromatic nitrogens is 2. The highest BCUT2D eigenvalue weighted by molar-refractivity contribution is 5.89. The highest BCUT2D eigenvalue weighted by atomic mass is 15.5. The Bertz CT molecular complexity index is 577. The lowest BCUT2D eigenvalue weighted by atomic mass is 10.2. The molecule has 0 aliphatic carbocycles. The maximum absolute atomic E-state index is 4.61. The first-order valence-electron chi connectivity index (χ1n) is 7.39. The maximum Gasteiger partial charge on any atom is 0.225 e. The van der Waals surface area contributed by atoms with Crippen LogP contribution < -0.4 is 10.7 Å². The average Bonchev–Trinajstić information content (AvgIpc) is 2.49. The molecule has 0 spiro atoms. The molecule has 3 rings (SSSR count). The second-order valence-electron chi connectivity index (χ2n) is 5.10. The van der Waals surface area contributed by atoms with Crippen LogP contribution in [-0.4, -0.2) is 34.6 Å². The fraction of sp³-hybridized carbons (Fsp3) is 0.467. The molecule has 0 atom stereocenters. The van der Waals surface area contributed by atoms with Crippen LogP contribution >= 0.6 is 0 Å². The summed E-state index contributed by atoms with van der Waals surface area (Å²) in [7, 11) is 0. The maximum atomic E-state index is 4.61. The molecule has 0 amide bonds. The Morgan fingerprint density at radius 2 is 1.90 bits per heavy atom. The van der Waals surface area contributed by atoms with Crippen LogP contribution in [0.4, 0.5) is 11.8 Å². The fourth-order valence-electron chi connectivity index (χ4n) is 2.55. The molecule has 1 fully saturated rings. The van der Waals surface area contributed by atoms with Crippen molar-refractivity contribution in [2.24, 2.45) is 0 Å². The summed E-state index contributed by atoms with van der Waals surface area (Å²) in [6.07, 6.45) is 3.82. The molecule has 0 unspecified atom stereocenters. The Morgan fingerprint density at radius 1 is 1.10 bits per heavy atom. The molecular weight excluding hydrogens is 250 g/mol. The predicted octanol–water partition coefficient (Wildman–Crippen LogP) is 2.87. The number of hydrogen-bond donors (Lipinski definition) is 2. The molecule has 2 N–H and O–H groups in total. The number of benzene rings is 1. The number of anilines is 2. The third-order valence-electron chi connectivity index (χ3n) is 3.56. The van der Waals surface area contributed by atoms with E-state index in [2.05, 4.69) is 38.7 Å². The number of nitrogens with one attached hydrogen (secondary N) is 2. The Balaban J connectivity index is 1.93. The number of fused-ring (bicyclic) bond motifs is 1. The summed E-state index contributed by atoms with van der Waals surface area (Å²) in [4.78, 5) is 9.15. The van der Waals surface area contributed by atoms with E-state index in [-0.39, 0.29) is 0 Å². The molecule has 5 heteroatoms. The van der Waals surface area contributed by atoms with Gasteiger partial charge in [0.1, 0.15) is 0 Å². The molecule has 2 heterocycles. The highest BCUT2D eigenvalue weighted by Crippen LogP contribution is 2.23. The zero-order valence-corrected chi connectivity index (χ0v) is 11.9. The second kappa shape index (κ2) is 6.05. The molecule has 1 aromatic carbocycles. The summed E-state index contributed by atoms with van der Waals surface area (Å²) in [5.41, 5.74) is 4.44. The molecule has 1 aliphatic rings. The van der Waals surface area contributed by atoms with Crippen LogP contribution in [0.5, 0.6) is 0 Å². The van der Waals surface area contributed by atoms with Gasteiger partial charge in [-0.15, -0.1) is 0 Å². The SMILES string of the molecule is CCNc1nc(NN2CCCCC2)c2ccccc2n1. The third-order valence-corrected chi connectivity index (χ3v) is 3.56. The van der Waals surface area contributed by atoms with Gasteiger partial charge in [-0.2, -0.15) is 4.98 Å². The summed E-state index contributed by atoms with van der Waals surface area (Å²) in [5.74, 6) is 1.58. The summed E-state index contributed by atoms with van der Waals surface area (Å²) < 4.78 is 0. The van der Waals surface area contributed by atoms with Crippen LogP contribution in [0.3, 0.4) is 0 Å². The van der Waals surface area contributed by atoms with E-state index in [4.69, 9.17) is 0 Å². The zero-order chi connectivity index (χ0) is 13.8. The first kappa shape index (κ1) is 13.1. The standard InChI is InChI=1S/C15H21N5/c1-2-16-15-17-13-9-5-4-8-12(13)14(18-15)19-20-10-6-3-7-11-20/h4-5,8-9H,2-3,6-7,10-11H2,1H3,(H2,16,17,18,19). The first-order valence-corrected chi connectivity index (χ1v) is 7.39. The van der Waals surface area contributed by atoms with Gasteiger partial charge in [-0.3, -0.25) is 0 Å². The van der Waals surface area contributed by atoms with E-state index in [1.54, 1.807) is 0 Å². The van der Waals surface area contributed by atoms with Gasteiger partial charge < -0.3 is 10.7 Å². The van der Waals surface area contributed by atoms with Crippen LogP contribution in [0.15, 0.2) is 24.3 Å². The van der Waals surface area contributed by atoms with Crippen LogP contribution in [0.2, 0.25) is 0 Å². The lowest BCUT2D eigenvalue weighted by Gasteiger charge is -2.27. The van der Waals surface area contributed by atoms with Crippen molar-refractivity contribution >= 4 is 22.7 Å². The van der Waals surface area contributed by atoms with E-state index in [0.29, 0.717) is 5.95 Å². The predicted molar refractivity (Wildman–Crippen MR) is 82.7 cm³/mol. The molecule has 0 saturated carbocycles. The Morgan fingerprint density at radius 3 is 2.70 bits per heavy atom. The monoisotopic (exact) mass is 271 g/mol. The van der Waals surface area contributed by atoms with E-state index in [1.807, 2.05) is 18.2 Å². The van der Waals surface area contributed by atoms with Gasteiger partial charge in [0.15, 0.2) is 5.82 Å². The number of rotatable bonds is 4. The van der Waals surface area contributed by atoms with Gasteiger partial charge in [-0.05, 0) is 31.9 Å². The topological polar surface area (TPSA) is 53.1 Å². The van der Waals surface area contributed by atoms with Gasteiger partial charge in [0, 0.05) is 25.0 Å².